The molecule has 87 heavy (non-hydrogen) atoms. The lowest BCUT2D eigenvalue weighted by molar-refractivity contribution is -0.143. The van der Waals surface area contributed by atoms with E-state index >= 15 is 4.39 Å². The Morgan fingerprint density at radius 1 is 0.943 bits per heavy atom. The quantitative estimate of drug-likeness (QED) is 0.0354. The summed E-state index contributed by atoms with van der Waals surface area (Å²) in [5.41, 5.74) is 7.23. The number of ether oxygens (including phenoxy) is 1. The number of amides is 4. The minimum atomic E-state index is -1.13. The van der Waals surface area contributed by atoms with Crippen molar-refractivity contribution in [2.45, 2.75) is 97.9 Å². The van der Waals surface area contributed by atoms with Gasteiger partial charge in [0.2, 0.25) is 23.6 Å². The second-order valence-corrected chi connectivity index (χ2v) is 26.8. The van der Waals surface area contributed by atoms with Gasteiger partial charge >= 0.3 is 5.97 Å². The molecule has 2 fully saturated rings. The number of carboxylic acids is 1. The Balaban J connectivity index is 0.636. The minimum absolute atomic E-state index is 0.0322. The Morgan fingerprint density at radius 2 is 1.72 bits per heavy atom. The summed E-state index contributed by atoms with van der Waals surface area (Å²) in [6.07, 6.45) is 1.53. The fourth-order valence-electron chi connectivity index (χ4n) is 10.8. The Bertz CT molecular complexity index is 3700. The Hall–Kier alpha value is -7.60. The number of para-hydroxylation sites is 1. The van der Waals surface area contributed by atoms with Crippen LogP contribution in [0.4, 0.5) is 26.3 Å². The number of halogens is 1. The highest BCUT2D eigenvalue weighted by molar-refractivity contribution is 8.00. The van der Waals surface area contributed by atoms with Crippen LogP contribution in [-0.2, 0) is 32.0 Å². The summed E-state index contributed by atoms with van der Waals surface area (Å²) < 4.78 is 22.2. The number of aromatic carboxylic acids is 1. The number of carboxylic acid groups (broad SMARTS) is 1. The van der Waals surface area contributed by atoms with Crippen molar-refractivity contribution < 1.29 is 43.3 Å². The highest BCUT2D eigenvalue weighted by Gasteiger charge is 2.45. The molecule has 25 heteroatoms. The SMILES string of the molecule is Cc1ncsc1-c1ccc([C@H](C)NC(=O)[C@@H]2C[C@@H](O)CN2C(=O)C(NC(=O)CSCC(=O)N2CCN(CC#Cc3ccc(OCCCc4sc(N5CCCc6c5nnc(Nc5nc7ccccc7s5)c6C)nc4C(=O)O)c(F)c3)CC2)C(C)(C)C)cc1. The first-order valence-corrected chi connectivity index (χ1v) is 32.5. The van der Waals surface area contributed by atoms with Gasteiger partial charge in [0.15, 0.2) is 39.2 Å². The number of thiazole rings is 3. The van der Waals surface area contributed by atoms with Crippen LogP contribution in [0, 0.1) is 36.9 Å². The Kier molecular flexibility index (Phi) is 19.8. The Labute approximate surface area is 520 Å². The van der Waals surface area contributed by atoms with Gasteiger partial charge in [-0.05, 0) is 93.3 Å². The van der Waals surface area contributed by atoms with Gasteiger partial charge in [-0.15, -0.1) is 44.6 Å². The van der Waals surface area contributed by atoms with E-state index < -0.39 is 53.1 Å². The lowest BCUT2D eigenvalue weighted by atomic mass is 9.85. The van der Waals surface area contributed by atoms with Crippen LogP contribution in [0.3, 0.4) is 0 Å². The molecule has 0 bridgehead atoms. The van der Waals surface area contributed by atoms with Gasteiger partial charge in [-0.3, -0.25) is 24.1 Å². The summed E-state index contributed by atoms with van der Waals surface area (Å²) in [6.45, 7) is 14.5. The number of hydrogen-bond acceptors (Lipinski definition) is 19. The first kappa shape index (κ1) is 62.5. The van der Waals surface area contributed by atoms with E-state index in [1.807, 2.05) is 95.0 Å². The van der Waals surface area contributed by atoms with E-state index in [1.54, 1.807) is 27.8 Å². The maximum atomic E-state index is 15.3. The molecule has 5 N–H and O–H groups in total. The highest BCUT2D eigenvalue weighted by atomic mass is 32.2. The molecule has 0 saturated carbocycles. The van der Waals surface area contributed by atoms with E-state index in [0.717, 1.165) is 72.8 Å². The van der Waals surface area contributed by atoms with Crippen molar-refractivity contribution in [2.24, 2.45) is 5.41 Å². The van der Waals surface area contributed by atoms with Crippen LogP contribution in [0.15, 0.2) is 72.2 Å². The molecule has 4 amide bonds. The second kappa shape index (κ2) is 27.6. The van der Waals surface area contributed by atoms with E-state index in [-0.39, 0.29) is 54.5 Å². The predicted octanol–water partition coefficient (Wildman–Crippen LogP) is 8.56. The molecular formula is C62H69FN12O8S4. The normalized spacial score (nSPS) is 16.9. The summed E-state index contributed by atoms with van der Waals surface area (Å²) in [5.74, 6) is 4.37. The maximum Gasteiger partial charge on any atom is 0.355 e. The van der Waals surface area contributed by atoms with Crippen molar-refractivity contribution in [3.05, 3.63) is 117 Å². The lowest BCUT2D eigenvalue weighted by Gasteiger charge is -2.35. The fourth-order valence-corrected chi connectivity index (χ4v) is 14.3. The number of anilines is 4. The van der Waals surface area contributed by atoms with Crippen LogP contribution >= 0.6 is 45.8 Å². The summed E-state index contributed by atoms with van der Waals surface area (Å²) in [5, 5.41) is 40.4. The Morgan fingerprint density at radius 3 is 2.45 bits per heavy atom. The molecule has 10 rings (SSSR count). The van der Waals surface area contributed by atoms with Crippen LogP contribution < -0.4 is 25.6 Å². The number of piperazine rings is 1. The molecule has 7 heterocycles. The topological polar surface area (TPSA) is 249 Å². The third-order valence-corrected chi connectivity index (χ3v) is 19.5. The molecule has 4 aromatic heterocycles. The molecular weight excluding hydrogens is 1190 g/mol. The minimum Gasteiger partial charge on any atom is -0.491 e. The zero-order valence-corrected chi connectivity index (χ0v) is 52.5. The van der Waals surface area contributed by atoms with Crippen LogP contribution in [0.2, 0.25) is 0 Å². The number of carbonyl (C=O) groups is 5. The number of fused-ring (bicyclic) bond motifs is 2. The molecule has 0 radical (unpaired) electrons. The van der Waals surface area contributed by atoms with E-state index in [9.17, 15) is 34.2 Å². The number of aliphatic hydroxyl groups excluding tert-OH is 1. The molecule has 3 aliphatic rings. The van der Waals surface area contributed by atoms with Gasteiger partial charge in [-0.25, -0.2) is 24.1 Å². The number of rotatable bonds is 20. The lowest BCUT2D eigenvalue weighted by Crippen LogP contribution is -2.58. The first-order chi connectivity index (χ1) is 41.8. The smallest absolute Gasteiger partial charge is 0.355 e. The number of β-amino-alcohol motifs (C(OH)–C–C–N with tert-alkyl or cyclic N) is 1. The average molecular weight is 1260 g/mol. The number of aliphatic hydroxyl groups is 1. The third-order valence-electron chi connectivity index (χ3n) is 15.5. The van der Waals surface area contributed by atoms with E-state index in [4.69, 9.17) is 4.74 Å². The van der Waals surface area contributed by atoms with Crippen LogP contribution in [-0.4, -0.2) is 162 Å². The molecule has 0 spiro atoms. The summed E-state index contributed by atoms with van der Waals surface area (Å²) in [4.78, 5) is 89.3. The van der Waals surface area contributed by atoms with Gasteiger partial charge in [0.1, 0.15) is 12.1 Å². The number of aromatic nitrogens is 5. The van der Waals surface area contributed by atoms with Gasteiger partial charge in [0.05, 0.1) is 63.1 Å². The first-order valence-electron chi connectivity index (χ1n) is 28.8. The summed E-state index contributed by atoms with van der Waals surface area (Å²) in [7, 11) is 0. The molecule has 456 valence electrons. The number of nitrogens with one attached hydrogen (secondary N) is 3. The highest BCUT2D eigenvalue weighted by Crippen LogP contribution is 2.40. The number of thioether (sulfide) groups is 1. The molecule has 3 aliphatic heterocycles. The molecule has 2 saturated heterocycles. The number of likely N-dealkylation sites (tertiary alicyclic amines) is 1. The molecule has 0 aliphatic carbocycles. The van der Waals surface area contributed by atoms with Crippen molar-refractivity contribution in [3.63, 3.8) is 0 Å². The largest absolute Gasteiger partial charge is 0.491 e. The van der Waals surface area contributed by atoms with Gasteiger partial charge in [-0.1, -0.05) is 80.3 Å². The van der Waals surface area contributed by atoms with Crippen molar-refractivity contribution in [1.29, 1.82) is 0 Å². The molecule has 4 atom stereocenters. The van der Waals surface area contributed by atoms with E-state index in [2.05, 4.69) is 57.8 Å². The van der Waals surface area contributed by atoms with Crippen molar-refractivity contribution in [2.75, 3.05) is 74.1 Å². The molecule has 7 aromatic rings. The fraction of sp³-hybridized carbons (Fsp3) is 0.419. The van der Waals surface area contributed by atoms with Crippen LogP contribution in [0.25, 0.3) is 20.7 Å². The molecule has 1 unspecified atom stereocenters. The average Bonchev–Trinajstić information content (AvgIpc) is 2.15. The standard InChI is InChI=1S/C62H69FN12O8S4/c1-36-43-13-10-24-74(56(43)71-70-55(36)69-60-66-45-14-7-8-15-48(45)86-60)61-68-52(59(81)82)49(87-61)16-11-29-83-47-22-17-39(30-44(47)63)12-9-23-72-25-27-73(28-26-72)51(78)34-84-33-50(77)67-54(62(4,5)6)58(80)75-32-42(76)31-46(75)57(79)65-37(2)40-18-20-41(21-19-40)53-38(3)64-35-85-53/h7-8,14-15,17-22,30,35,37,42,46,54,76H,10-11,13,16,23-29,31-34H2,1-6H3,(H,65,79)(H,67,77)(H,81,82)(H,66,69,70)/t37-,42+,46-,54?/m0/s1. The van der Waals surface area contributed by atoms with Gasteiger partial charge in [0, 0.05) is 67.3 Å². The van der Waals surface area contributed by atoms with Gasteiger partial charge in [-0.2, -0.15) is 0 Å². The third kappa shape index (κ3) is 15.0. The molecule has 20 nitrogen and oxygen atoms in total. The van der Waals surface area contributed by atoms with Crippen LogP contribution in [0.1, 0.15) is 96.3 Å². The number of carbonyl (C=O) groups excluding carboxylic acids is 4. The number of nitrogens with zero attached hydrogens (tertiary/aromatic N) is 9. The zero-order valence-electron chi connectivity index (χ0n) is 49.2. The van der Waals surface area contributed by atoms with E-state index in [1.165, 1.54) is 39.7 Å². The van der Waals surface area contributed by atoms with Crippen molar-refractivity contribution in [3.8, 4) is 28.0 Å². The van der Waals surface area contributed by atoms with Gasteiger partial charge in [0.25, 0.3) is 0 Å². The second-order valence-electron chi connectivity index (χ2n) is 22.8. The van der Waals surface area contributed by atoms with Crippen molar-refractivity contribution in [1.82, 2.24) is 50.5 Å². The maximum absolute atomic E-state index is 15.3. The van der Waals surface area contributed by atoms with Gasteiger partial charge < -0.3 is 45.6 Å². The predicted molar refractivity (Wildman–Crippen MR) is 338 cm³/mol. The van der Waals surface area contributed by atoms with E-state index in [0.29, 0.717) is 79.3 Å². The summed E-state index contributed by atoms with van der Waals surface area (Å²) >= 11 is 5.55. The monoisotopic (exact) mass is 1260 g/mol. The zero-order chi connectivity index (χ0) is 61.5. The number of hydrogen-bond donors (Lipinski definition) is 5. The number of aryl methyl sites for hydroxylation is 2. The van der Waals surface area contributed by atoms with Crippen molar-refractivity contribution >= 4 is 107 Å². The summed E-state index contributed by atoms with van der Waals surface area (Å²) in [6, 6.07) is 18.0. The number of benzene rings is 3. The van der Waals surface area contributed by atoms with Crippen LogP contribution in [0.5, 0.6) is 5.75 Å². The molecule has 3 aromatic carbocycles.